The summed E-state index contributed by atoms with van der Waals surface area (Å²) in [5.74, 6) is 0.638. The Hall–Kier alpha value is -3.93. The maximum Gasteiger partial charge on any atom is 0.301 e. The van der Waals surface area contributed by atoms with Crippen LogP contribution >= 0.6 is 0 Å². The van der Waals surface area contributed by atoms with Gasteiger partial charge in [0.15, 0.2) is 0 Å². The number of nitrogens with one attached hydrogen (secondary N) is 1. The average Bonchev–Trinajstić information content (AvgIpc) is 2.73. The SMILES string of the molecule is Cc1ccc2c([N+](=O)[O-])c(-c3ccc(OCc4ccccc4)cc3)[nH]c(=O)c2c1. The number of aromatic nitrogens is 1. The maximum absolute atomic E-state index is 12.5. The molecule has 3 aromatic carbocycles. The van der Waals surface area contributed by atoms with E-state index >= 15 is 0 Å². The van der Waals surface area contributed by atoms with E-state index in [0.717, 1.165) is 11.1 Å². The van der Waals surface area contributed by atoms with Gasteiger partial charge in [-0.05, 0) is 48.9 Å². The lowest BCUT2D eigenvalue weighted by Crippen LogP contribution is -2.10. The summed E-state index contributed by atoms with van der Waals surface area (Å²) in [6.45, 7) is 2.26. The Kier molecular flexibility index (Phi) is 4.83. The van der Waals surface area contributed by atoms with Crippen LogP contribution in [0.2, 0.25) is 0 Å². The van der Waals surface area contributed by atoms with Gasteiger partial charge >= 0.3 is 5.69 Å². The van der Waals surface area contributed by atoms with Gasteiger partial charge < -0.3 is 9.72 Å². The van der Waals surface area contributed by atoms with Gasteiger partial charge in [-0.25, -0.2) is 0 Å². The van der Waals surface area contributed by atoms with Crippen LogP contribution in [0.5, 0.6) is 5.75 Å². The van der Waals surface area contributed by atoms with Crippen LogP contribution in [0.3, 0.4) is 0 Å². The predicted octanol–water partition coefficient (Wildman–Crippen LogP) is 4.99. The van der Waals surface area contributed by atoms with Gasteiger partial charge in [0.25, 0.3) is 5.56 Å². The summed E-state index contributed by atoms with van der Waals surface area (Å²) in [5.41, 5.74) is 2.17. The predicted molar refractivity (Wildman–Crippen MR) is 112 cm³/mol. The molecule has 0 saturated heterocycles. The number of ether oxygens (including phenoxy) is 1. The molecule has 0 unspecified atom stereocenters. The smallest absolute Gasteiger partial charge is 0.301 e. The molecule has 0 aliphatic carbocycles. The van der Waals surface area contributed by atoms with E-state index in [-0.39, 0.29) is 16.9 Å². The number of nitrogens with zero attached hydrogens (tertiary/aromatic N) is 1. The Morgan fingerprint density at radius 1 is 0.966 bits per heavy atom. The summed E-state index contributed by atoms with van der Waals surface area (Å²) in [6.07, 6.45) is 0. The van der Waals surface area contributed by atoms with E-state index in [4.69, 9.17) is 4.74 Å². The fraction of sp³-hybridized carbons (Fsp3) is 0.0870. The zero-order valence-corrected chi connectivity index (χ0v) is 15.7. The van der Waals surface area contributed by atoms with Crippen molar-refractivity contribution in [3.8, 4) is 17.0 Å². The van der Waals surface area contributed by atoms with Crippen LogP contribution in [0.1, 0.15) is 11.1 Å². The molecule has 0 fully saturated rings. The van der Waals surface area contributed by atoms with Crippen molar-refractivity contribution in [1.29, 1.82) is 0 Å². The fourth-order valence-corrected chi connectivity index (χ4v) is 3.28. The molecule has 4 aromatic rings. The first-order valence-corrected chi connectivity index (χ1v) is 9.11. The Labute approximate surface area is 166 Å². The van der Waals surface area contributed by atoms with Crippen LogP contribution in [-0.4, -0.2) is 9.91 Å². The molecule has 6 heteroatoms. The lowest BCUT2D eigenvalue weighted by molar-refractivity contribution is -0.382. The van der Waals surface area contributed by atoms with Crippen molar-refractivity contribution >= 4 is 16.5 Å². The lowest BCUT2D eigenvalue weighted by Gasteiger charge is -2.09. The Balaban J connectivity index is 1.71. The second-order valence-corrected chi connectivity index (χ2v) is 6.78. The molecule has 1 aromatic heterocycles. The maximum atomic E-state index is 12.5. The van der Waals surface area contributed by atoms with Crippen LogP contribution in [0.4, 0.5) is 5.69 Å². The molecular formula is C23H18N2O4. The fourth-order valence-electron chi connectivity index (χ4n) is 3.28. The second kappa shape index (κ2) is 7.59. The van der Waals surface area contributed by atoms with E-state index in [0.29, 0.717) is 28.7 Å². The molecule has 4 rings (SSSR count). The van der Waals surface area contributed by atoms with Gasteiger partial charge in [-0.3, -0.25) is 14.9 Å². The van der Waals surface area contributed by atoms with E-state index in [2.05, 4.69) is 4.98 Å². The first kappa shape index (κ1) is 18.4. The molecule has 6 nitrogen and oxygen atoms in total. The normalized spacial score (nSPS) is 10.8. The summed E-state index contributed by atoms with van der Waals surface area (Å²) in [7, 11) is 0. The van der Waals surface area contributed by atoms with Crippen molar-refractivity contribution in [3.05, 3.63) is 104 Å². The molecule has 0 radical (unpaired) electrons. The van der Waals surface area contributed by atoms with Crippen molar-refractivity contribution in [2.24, 2.45) is 0 Å². The van der Waals surface area contributed by atoms with E-state index in [1.54, 1.807) is 42.5 Å². The van der Waals surface area contributed by atoms with Crippen LogP contribution in [0, 0.1) is 17.0 Å². The zero-order chi connectivity index (χ0) is 20.4. The zero-order valence-electron chi connectivity index (χ0n) is 15.7. The molecule has 0 aliphatic rings. The minimum atomic E-state index is -0.456. The Bertz CT molecular complexity index is 1250. The van der Waals surface area contributed by atoms with E-state index in [1.807, 2.05) is 37.3 Å². The number of rotatable bonds is 5. The summed E-state index contributed by atoms with van der Waals surface area (Å²) >= 11 is 0. The Morgan fingerprint density at radius 2 is 1.69 bits per heavy atom. The molecular weight excluding hydrogens is 368 g/mol. The lowest BCUT2D eigenvalue weighted by atomic mass is 10.0. The van der Waals surface area contributed by atoms with Crippen LogP contribution in [0.25, 0.3) is 22.0 Å². The van der Waals surface area contributed by atoms with Crippen molar-refractivity contribution in [2.75, 3.05) is 0 Å². The first-order chi connectivity index (χ1) is 14.0. The average molecular weight is 386 g/mol. The minimum Gasteiger partial charge on any atom is -0.489 e. The third-order valence-electron chi connectivity index (χ3n) is 4.72. The molecule has 1 N–H and O–H groups in total. The van der Waals surface area contributed by atoms with Gasteiger partial charge in [-0.2, -0.15) is 0 Å². The van der Waals surface area contributed by atoms with Crippen LogP contribution in [-0.2, 0) is 6.61 Å². The number of hydrogen-bond donors (Lipinski definition) is 1. The van der Waals surface area contributed by atoms with Gasteiger partial charge in [0, 0.05) is 5.56 Å². The van der Waals surface area contributed by atoms with Gasteiger partial charge in [-0.15, -0.1) is 0 Å². The number of hydrogen-bond acceptors (Lipinski definition) is 4. The molecule has 0 aliphatic heterocycles. The molecule has 29 heavy (non-hydrogen) atoms. The van der Waals surface area contributed by atoms with Gasteiger partial charge in [0.1, 0.15) is 18.1 Å². The number of aryl methyl sites for hydroxylation is 1. The Morgan fingerprint density at radius 3 is 2.38 bits per heavy atom. The highest BCUT2D eigenvalue weighted by Gasteiger charge is 2.22. The van der Waals surface area contributed by atoms with Crippen LogP contribution in [0.15, 0.2) is 77.6 Å². The largest absolute Gasteiger partial charge is 0.489 e. The second-order valence-electron chi connectivity index (χ2n) is 6.78. The summed E-state index contributed by atoms with van der Waals surface area (Å²) < 4.78 is 5.76. The van der Waals surface area contributed by atoms with Crippen molar-refractivity contribution in [1.82, 2.24) is 4.98 Å². The van der Waals surface area contributed by atoms with Gasteiger partial charge in [0.05, 0.1) is 15.7 Å². The van der Waals surface area contributed by atoms with E-state index in [1.165, 1.54) is 0 Å². The molecule has 144 valence electrons. The third kappa shape index (κ3) is 3.73. The quantitative estimate of drug-likeness (QED) is 0.387. The molecule has 0 amide bonds. The molecule has 0 spiro atoms. The first-order valence-electron chi connectivity index (χ1n) is 9.11. The number of H-pyrrole nitrogens is 1. The summed E-state index contributed by atoms with van der Waals surface area (Å²) in [4.78, 5) is 26.5. The molecule has 0 atom stereocenters. The van der Waals surface area contributed by atoms with Crippen LogP contribution < -0.4 is 10.3 Å². The third-order valence-corrected chi connectivity index (χ3v) is 4.72. The molecule has 0 bridgehead atoms. The van der Waals surface area contributed by atoms with Gasteiger partial charge in [-0.1, -0.05) is 42.0 Å². The monoisotopic (exact) mass is 386 g/mol. The van der Waals surface area contributed by atoms with Crippen molar-refractivity contribution in [2.45, 2.75) is 13.5 Å². The highest BCUT2D eigenvalue weighted by atomic mass is 16.6. The van der Waals surface area contributed by atoms with Crippen molar-refractivity contribution in [3.63, 3.8) is 0 Å². The number of pyridine rings is 1. The number of fused-ring (bicyclic) bond motifs is 1. The number of nitro groups is 1. The standard InChI is InChI=1S/C23H18N2O4/c1-15-7-12-19-20(13-15)23(26)24-21(22(19)25(27)28)17-8-10-18(11-9-17)29-14-16-5-3-2-4-6-16/h2-13H,14H2,1H3,(H,24,26). The topological polar surface area (TPSA) is 85.2 Å². The van der Waals surface area contributed by atoms with E-state index < -0.39 is 4.92 Å². The highest BCUT2D eigenvalue weighted by molar-refractivity contribution is 5.96. The molecule has 1 heterocycles. The summed E-state index contributed by atoms with van der Waals surface area (Å²) in [6, 6.07) is 21.7. The van der Waals surface area contributed by atoms with Gasteiger partial charge in [0.2, 0.25) is 0 Å². The van der Waals surface area contributed by atoms with E-state index in [9.17, 15) is 14.9 Å². The molecule has 0 saturated carbocycles. The summed E-state index contributed by atoms with van der Waals surface area (Å²) in [5, 5.41) is 12.4. The minimum absolute atomic E-state index is 0.113. The number of benzene rings is 3. The number of aromatic amines is 1. The van der Waals surface area contributed by atoms with Crippen molar-refractivity contribution < 1.29 is 9.66 Å². The highest BCUT2D eigenvalue weighted by Crippen LogP contribution is 2.34.